The molecule has 106 valence electrons. The zero-order valence-corrected chi connectivity index (χ0v) is 12.4. The van der Waals surface area contributed by atoms with Gasteiger partial charge < -0.3 is 10.6 Å². The summed E-state index contributed by atoms with van der Waals surface area (Å²) in [7, 11) is 1.88. The smallest absolute Gasteiger partial charge is 0.232 e. The van der Waals surface area contributed by atoms with Crippen molar-refractivity contribution in [2.45, 2.75) is 38.5 Å². The van der Waals surface area contributed by atoms with Crippen molar-refractivity contribution in [1.82, 2.24) is 4.90 Å². The van der Waals surface area contributed by atoms with Crippen LogP contribution in [0.25, 0.3) is 0 Å². The van der Waals surface area contributed by atoms with Gasteiger partial charge in [0.05, 0.1) is 5.41 Å². The number of unbranched alkanes of at least 4 members (excludes halogenated alkanes) is 2. The van der Waals surface area contributed by atoms with E-state index in [9.17, 15) is 4.79 Å². The normalized spacial score (nSPS) is 11.4. The van der Waals surface area contributed by atoms with E-state index < -0.39 is 5.41 Å². The molecule has 0 radical (unpaired) electrons. The van der Waals surface area contributed by atoms with Crippen molar-refractivity contribution in [3.63, 3.8) is 0 Å². The number of carbonyl (C=O) groups excluding carboxylic acids is 1. The predicted octanol–water partition coefficient (Wildman–Crippen LogP) is 2.55. The van der Waals surface area contributed by atoms with Gasteiger partial charge in [-0.3, -0.25) is 4.79 Å². The average molecular weight is 262 g/mol. The molecule has 0 fully saturated rings. The van der Waals surface area contributed by atoms with Crippen LogP contribution in [0.3, 0.4) is 0 Å². The molecule has 0 saturated carbocycles. The monoisotopic (exact) mass is 262 g/mol. The third-order valence-electron chi connectivity index (χ3n) is 3.57. The fraction of sp³-hybridized carbons (Fsp3) is 0.562. The summed E-state index contributed by atoms with van der Waals surface area (Å²) in [6.07, 6.45) is 3.13. The summed E-state index contributed by atoms with van der Waals surface area (Å²) in [4.78, 5) is 14.4. The molecule has 0 aliphatic rings. The Kier molecular flexibility index (Phi) is 6.03. The highest BCUT2D eigenvalue weighted by Gasteiger charge is 2.31. The molecule has 0 unspecified atom stereocenters. The summed E-state index contributed by atoms with van der Waals surface area (Å²) in [6.45, 7) is 5.50. The number of nitrogens with two attached hydrogens (primary N) is 1. The Balaban J connectivity index is 2.60. The second-order valence-corrected chi connectivity index (χ2v) is 5.57. The molecule has 0 atom stereocenters. The Bertz CT molecular complexity index is 387. The molecule has 1 aromatic rings. The van der Waals surface area contributed by atoms with Crippen molar-refractivity contribution in [3.05, 3.63) is 35.9 Å². The zero-order valence-electron chi connectivity index (χ0n) is 12.4. The first-order valence-corrected chi connectivity index (χ1v) is 7.01. The Morgan fingerprint density at radius 3 is 2.37 bits per heavy atom. The molecule has 19 heavy (non-hydrogen) atoms. The molecular weight excluding hydrogens is 236 g/mol. The molecule has 0 saturated heterocycles. The highest BCUT2D eigenvalue weighted by molar-refractivity contribution is 5.87. The van der Waals surface area contributed by atoms with Gasteiger partial charge in [-0.15, -0.1) is 0 Å². The topological polar surface area (TPSA) is 46.3 Å². The van der Waals surface area contributed by atoms with Crippen molar-refractivity contribution in [3.8, 4) is 0 Å². The molecule has 0 aliphatic carbocycles. The molecule has 0 heterocycles. The lowest BCUT2D eigenvalue weighted by Crippen LogP contribution is -2.41. The van der Waals surface area contributed by atoms with Crippen LogP contribution in [0.5, 0.6) is 0 Å². The number of amides is 1. The van der Waals surface area contributed by atoms with Crippen LogP contribution in [-0.4, -0.2) is 30.9 Å². The van der Waals surface area contributed by atoms with Gasteiger partial charge in [-0.2, -0.15) is 0 Å². The highest BCUT2D eigenvalue weighted by Crippen LogP contribution is 2.25. The van der Waals surface area contributed by atoms with Crippen LogP contribution in [0.4, 0.5) is 0 Å². The first-order valence-electron chi connectivity index (χ1n) is 7.01. The molecule has 2 N–H and O–H groups in total. The van der Waals surface area contributed by atoms with E-state index in [2.05, 4.69) is 0 Å². The van der Waals surface area contributed by atoms with Crippen LogP contribution in [-0.2, 0) is 10.2 Å². The average Bonchev–Trinajstić information content (AvgIpc) is 2.43. The Morgan fingerprint density at radius 1 is 1.16 bits per heavy atom. The molecule has 0 aliphatic heterocycles. The standard InChI is InChI=1S/C16H26N2O/c1-16(2,14-10-6-4-7-11-14)15(19)18(3)13-9-5-8-12-17/h4,6-7,10-11H,5,8-9,12-13,17H2,1-3H3. The SMILES string of the molecule is CN(CCCCCN)C(=O)C(C)(C)c1ccccc1. The molecule has 0 aromatic heterocycles. The Hall–Kier alpha value is -1.35. The minimum atomic E-state index is -0.468. The van der Waals surface area contributed by atoms with Gasteiger partial charge in [-0.1, -0.05) is 36.8 Å². The van der Waals surface area contributed by atoms with E-state index in [1.807, 2.05) is 56.1 Å². The van der Waals surface area contributed by atoms with Gasteiger partial charge in [0, 0.05) is 13.6 Å². The maximum atomic E-state index is 12.5. The fourth-order valence-electron chi connectivity index (χ4n) is 2.23. The number of likely N-dealkylation sites (N-methyl/N-ethyl adjacent to an activating group) is 1. The van der Waals surface area contributed by atoms with E-state index in [-0.39, 0.29) is 5.91 Å². The van der Waals surface area contributed by atoms with E-state index >= 15 is 0 Å². The number of carbonyl (C=O) groups is 1. The first-order chi connectivity index (χ1) is 9.00. The molecule has 1 rings (SSSR count). The molecule has 0 bridgehead atoms. The molecule has 3 heteroatoms. The van der Waals surface area contributed by atoms with Crippen LogP contribution in [0.2, 0.25) is 0 Å². The van der Waals surface area contributed by atoms with E-state index in [0.717, 1.165) is 37.9 Å². The lowest BCUT2D eigenvalue weighted by Gasteiger charge is -2.30. The zero-order chi connectivity index (χ0) is 14.3. The molecule has 1 aromatic carbocycles. The van der Waals surface area contributed by atoms with Crippen molar-refractivity contribution in [2.75, 3.05) is 20.1 Å². The lowest BCUT2D eigenvalue weighted by atomic mass is 9.83. The summed E-state index contributed by atoms with van der Waals surface area (Å²) in [5.74, 6) is 0.173. The van der Waals surface area contributed by atoms with E-state index in [1.165, 1.54) is 0 Å². The molecule has 3 nitrogen and oxygen atoms in total. The second-order valence-electron chi connectivity index (χ2n) is 5.57. The van der Waals surface area contributed by atoms with Crippen molar-refractivity contribution in [1.29, 1.82) is 0 Å². The highest BCUT2D eigenvalue weighted by atomic mass is 16.2. The van der Waals surface area contributed by atoms with E-state index in [1.54, 1.807) is 0 Å². The number of benzene rings is 1. The van der Waals surface area contributed by atoms with E-state index in [4.69, 9.17) is 5.73 Å². The minimum Gasteiger partial charge on any atom is -0.345 e. The summed E-state index contributed by atoms with van der Waals surface area (Å²) in [6, 6.07) is 9.96. The number of rotatable bonds is 7. The minimum absolute atomic E-state index is 0.173. The maximum absolute atomic E-state index is 12.5. The van der Waals surface area contributed by atoms with Gasteiger partial charge in [0.2, 0.25) is 5.91 Å². The van der Waals surface area contributed by atoms with Crippen LogP contribution >= 0.6 is 0 Å². The van der Waals surface area contributed by atoms with Gasteiger partial charge in [0.1, 0.15) is 0 Å². The lowest BCUT2D eigenvalue weighted by molar-refractivity contribution is -0.135. The fourth-order valence-corrected chi connectivity index (χ4v) is 2.23. The van der Waals surface area contributed by atoms with Gasteiger partial charge in [-0.05, 0) is 38.8 Å². The van der Waals surface area contributed by atoms with Crippen molar-refractivity contribution >= 4 is 5.91 Å². The maximum Gasteiger partial charge on any atom is 0.232 e. The molecule has 1 amide bonds. The number of hydrogen-bond acceptors (Lipinski definition) is 2. The predicted molar refractivity (Wildman–Crippen MR) is 80.0 cm³/mol. The third kappa shape index (κ3) is 4.35. The van der Waals surface area contributed by atoms with Crippen LogP contribution in [0.1, 0.15) is 38.7 Å². The Labute approximate surface area is 116 Å². The Morgan fingerprint density at radius 2 is 1.79 bits per heavy atom. The summed E-state index contributed by atoms with van der Waals surface area (Å²) in [5.41, 5.74) is 6.07. The van der Waals surface area contributed by atoms with E-state index in [0.29, 0.717) is 0 Å². The summed E-state index contributed by atoms with van der Waals surface area (Å²) < 4.78 is 0. The molecule has 0 spiro atoms. The second kappa shape index (κ2) is 7.29. The van der Waals surface area contributed by atoms with Crippen molar-refractivity contribution < 1.29 is 4.79 Å². The summed E-state index contributed by atoms with van der Waals surface area (Å²) >= 11 is 0. The largest absolute Gasteiger partial charge is 0.345 e. The van der Waals surface area contributed by atoms with Crippen molar-refractivity contribution in [2.24, 2.45) is 5.73 Å². The molecular formula is C16H26N2O. The number of hydrogen-bond donors (Lipinski definition) is 1. The number of nitrogens with zero attached hydrogens (tertiary/aromatic N) is 1. The quantitative estimate of drug-likeness (QED) is 0.768. The van der Waals surface area contributed by atoms with Gasteiger partial charge >= 0.3 is 0 Å². The van der Waals surface area contributed by atoms with Gasteiger partial charge in [0.25, 0.3) is 0 Å². The van der Waals surface area contributed by atoms with Crippen LogP contribution in [0.15, 0.2) is 30.3 Å². The van der Waals surface area contributed by atoms with Crippen LogP contribution < -0.4 is 5.73 Å². The first kappa shape index (κ1) is 15.7. The summed E-state index contributed by atoms with van der Waals surface area (Å²) in [5, 5.41) is 0. The van der Waals surface area contributed by atoms with Crippen LogP contribution in [0, 0.1) is 0 Å². The van der Waals surface area contributed by atoms with Gasteiger partial charge in [0.15, 0.2) is 0 Å². The van der Waals surface area contributed by atoms with Gasteiger partial charge in [-0.25, -0.2) is 0 Å². The third-order valence-corrected chi connectivity index (χ3v) is 3.57.